The van der Waals surface area contributed by atoms with Gasteiger partial charge < -0.3 is 30.9 Å². The number of aromatic hydroxyl groups is 1. The Morgan fingerprint density at radius 1 is 1.14 bits per heavy atom. The number of phenols is 1. The number of Topliss-reactive ketones (excluding diaryl/α,β-unsaturated/α-hetero) is 2. The summed E-state index contributed by atoms with van der Waals surface area (Å²) in [6, 6.07) is 4.66. The van der Waals surface area contributed by atoms with Crippen LogP contribution in [0.5, 0.6) is 5.75 Å². The first kappa shape index (κ1) is 26.4. The molecule has 0 radical (unpaired) electrons. The van der Waals surface area contributed by atoms with Gasteiger partial charge in [0.2, 0.25) is 5.78 Å². The fraction of sp³-hybridized carbons (Fsp3) is 0.481. The number of primary amides is 1. The number of amides is 1. The van der Waals surface area contributed by atoms with E-state index in [4.69, 9.17) is 10.5 Å². The zero-order chi connectivity index (χ0) is 27.2. The second-order valence-electron chi connectivity index (χ2n) is 9.86. The molecule has 0 aromatic heterocycles. The number of hydrogen-bond donors (Lipinski definition) is 5. The van der Waals surface area contributed by atoms with Gasteiger partial charge in [-0.1, -0.05) is 45.2 Å². The van der Waals surface area contributed by atoms with Crippen LogP contribution >= 0.6 is 0 Å². The van der Waals surface area contributed by atoms with E-state index in [9.17, 15) is 39.6 Å². The van der Waals surface area contributed by atoms with Crippen LogP contribution in [0.4, 0.5) is 0 Å². The molecule has 1 aromatic rings. The van der Waals surface area contributed by atoms with E-state index in [1.54, 1.807) is 19.1 Å². The molecule has 4 rings (SSSR count). The third-order valence-corrected chi connectivity index (χ3v) is 7.81. The molecule has 10 nitrogen and oxygen atoms in total. The van der Waals surface area contributed by atoms with Gasteiger partial charge in [-0.3, -0.25) is 19.2 Å². The molecule has 10 heteroatoms. The maximum Gasteiger partial charge on any atom is 0.305 e. The summed E-state index contributed by atoms with van der Waals surface area (Å²) in [6.45, 7) is 3.57. The van der Waals surface area contributed by atoms with Crippen molar-refractivity contribution in [2.45, 2.75) is 70.0 Å². The van der Waals surface area contributed by atoms with Crippen LogP contribution in [0.15, 0.2) is 35.1 Å². The molecule has 37 heavy (non-hydrogen) atoms. The number of carbonyl (C=O) groups is 4. The lowest BCUT2D eigenvalue weighted by Gasteiger charge is -2.52. The summed E-state index contributed by atoms with van der Waals surface area (Å²) in [5.41, 5.74) is 1.71. The number of rotatable bonds is 7. The summed E-state index contributed by atoms with van der Waals surface area (Å²) < 4.78 is 5.75. The van der Waals surface area contributed by atoms with Crippen molar-refractivity contribution >= 4 is 29.2 Å². The van der Waals surface area contributed by atoms with Crippen molar-refractivity contribution < 1.29 is 44.3 Å². The Hall–Kier alpha value is -3.66. The largest absolute Gasteiger partial charge is 0.508 e. The van der Waals surface area contributed by atoms with E-state index in [1.807, 2.05) is 6.92 Å². The number of nitrogens with two attached hydrogens (primary N) is 1. The van der Waals surface area contributed by atoms with E-state index >= 15 is 0 Å². The van der Waals surface area contributed by atoms with Crippen LogP contribution in [-0.2, 0) is 23.9 Å². The standard InChI is InChI=1S/C27H31NO9/c1-3-5-6-8-13-12-9-7-10-15(29)18(12)22(32)21-19(13)23(37-17(31)4-2)14-11-16(30)20(26(28)35)24(33)27(14,36)25(21)34/h7,9-10,13-14,19,23,29,32-33,36H,3-6,8,11H2,1-2H3,(H2,28,35)/t13-,14+,19+,23+,27+/m0/s1. The number of unbranched alkanes of at least 4 members (excludes halogenated alkanes) is 2. The average Bonchev–Trinajstić information content (AvgIpc) is 2.84. The highest BCUT2D eigenvalue weighted by molar-refractivity contribution is 6.23. The quantitative estimate of drug-likeness (QED) is 0.207. The zero-order valence-corrected chi connectivity index (χ0v) is 20.7. The summed E-state index contributed by atoms with van der Waals surface area (Å²) in [5.74, 6) is -9.10. The van der Waals surface area contributed by atoms with Gasteiger partial charge >= 0.3 is 5.97 Å². The third kappa shape index (κ3) is 3.90. The second-order valence-corrected chi connectivity index (χ2v) is 9.86. The van der Waals surface area contributed by atoms with Crippen LogP contribution in [0, 0.1) is 11.8 Å². The molecular formula is C27H31NO9. The smallest absolute Gasteiger partial charge is 0.305 e. The van der Waals surface area contributed by atoms with Gasteiger partial charge in [0.1, 0.15) is 28.9 Å². The number of benzene rings is 1. The van der Waals surface area contributed by atoms with Crippen LogP contribution in [0.1, 0.15) is 69.4 Å². The Bertz CT molecular complexity index is 1250. The molecule has 6 N–H and O–H groups in total. The minimum absolute atomic E-state index is 0.0108. The highest BCUT2D eigenvalue weighted by atomic mass is 16.5. The topological polar surface area (TPSA) is 184 Å². The Balaban J connectivity index is 2.02. The minimum atomic E-state index is -2.85. The van der Waals surface area contributed by atoms with Gasteiger partial charge in [-0.05, 0) is 24.0 Å². The van der Waals surface area contributed by atoms with Gasteiger partial charge in [0.25, 0.3) is 5.91 Å². The van der Waals surface area contributed by atoms with E-state index in [0.29, 0.717) is 18.4 Å². The predicted octanol–water partition coefficient (Wildman–Crippen LogP) is 2.48. The van der Waals surface area contributed by atoms with Crippen molar-refractivity contribution in [3.05, 3.63) is 46.2 Å². The summed E-state index contributed by atoms with van der Waals surface area (Å²) in [5, 5.41) is 44.5. The van der Waals surface area contributed by atoms with Gasteiger partial charge in [-0.25, -0.2) is 0 Å². The molecule has 5 atom stereocenters. The minimum Gasteiger partial charge on any atom is -0.508 e. The first-order valence-corrected chi connectivity index (χ1v) is 12.5. The molecule has 1 saturated carbocycles. The SMILES string of the molecule is CCCCC[C@H]1c2cccc(O)c2C(O)=C2C(=O)[C@]3(O)C(O)=C(C(N)=O)C(=O)C[C@@H]3[C@@H](OC(=O)CC)[C@@H]21. The lowest BCUT2D eigenvalue weighted by molar-refractivity contribution is -0.178. The lowest BCUT2D eigenvalue weighted by Crippen LogP contribution is -2.64. The fourth-order valence-electron chi connectivity index (χ4n) is 6.09. The number of ether oxygens (including phenoxy) is 1. The molecule has 3 aliphatic carbocycles. The summed E-state index contributed by atoms with van der Waals surface area (Å²) in [6.07, 6.45) is 1.01. The summed E-state index contributed by atoms with van der Waals surface area (Å²) in [7, 11) is 0. The third-order valence-electron chi connectivity index (χ3n) is 7.81. The van der Waals surface area contributed by atoms with Crippen molar-refractivity contribution in [1.82, 2.24) is 0 Å². The Kier molecular flexibility index (Phi) is 6.89. The van der Waals surface area contributed by atoms with Crippen LogP contribution < -0.4 is 5.73 Å². The van der Waals surface area contributed by atoms with E-state index in [0.717, 1.165) is 12.8 Å². The summed E-state index contributed by atoms with van der Waals surface area (Å²) >= 11 is 0. The van der Waals surface area contributed by atoms with Gasteiger partial charge in [0, 0.05) is 30.3 Å². The molecule has 0 unspecified atom stereocenters. The van der Waals surface area contributed by atoms with Crippen molar-refractivity contribution in [3.8, 4) is 5.75 Å². The van der Waals surface area contributed by atoms with E-state index < -0.39 is 76.4 Å². The molecule has 0 bridgehead atoms. The number of aliphatic hydroxyl groups is 3. The maximum atomic E-state index is 14.0. The van der Waals surface area contributed by atoms with Crippen molar-refractivity contribution in [3.63, 3.8) is 0 Å². The highest BCUT2D eigenvalue weighted by Gasteiger charge is 2.66. The molecular weight excluding hydrogens is 482 g/mol. The van der Waals surface area contributed by atoms with Gasteiger partial charge in [0.05, 0.1) is 5.56 Å². The normalized spacial score (nSPS) is 28.9. The van der Waals surface area contributed by atoms with Gasteiger partial charge in [0.15, 0.2) is 11.4 Å². The number of ketones is 2. The number of fused-ring (bicyclic) bond motifs is 3. The summed E-state index contributed by atoms with van der Waals surface area (Å²) in [4.78, 5) is 51.3. The van der Waals surface area contributed by atoms with Crippen LogP contribution in [0.3, 0.4) is 0 Å². The molecule has 0 saturated heterocycles. The lowest BCUT2D eigenvalue weighted by atomic mass is 9.55. The fourth-order valence-corrected chi connectivity index (χ4v) is 6.09. The first-order valence-electron chi connectivity index (χ1n) is 12.5. The number of aliphatic hydroxyl groups excluding tert-OH is 2. The Labute approximate surface area is 213 Å². The van der Waals surface area contributed by atoms with Crippen molar-refractivity contribution in [2.75, 3.05) is 0 Å². The van der Waals surface area contributed by atoms with E-state index in [-0.39, 0.29) is 23.3 Å². The molecule has 1 fully saturated rings. The van der Waals surface area contributed by atoms with Crippen LogP contribution in [0.25, 0.3) is 5.76 Å². The van der Waals surface area contributed by atoms with Crippen molar-refractivity contribution in [2.24, 2.45) is 17.6 Å². The molecule has 0 aliphatic heterocycles. The Morgan fingerprint density at radius 2 is 1.84 bits per heavy atom. The van der Waals surface area contributed by atoms with Crippen LogP contribution in [0.2, 0.25) is 0 Å². The highest BCUT2D eigenvalue weighted by Crippen LogP contribution is 2.57. The maximum absolute atomic E-state index is 14.0. The number of carbonyl (C=O) groups excluding carboxylic acids is 4. The predicted molar refractivity (Wildman–Crippen MR) is 130 cm³/mol. The number of phenolic OH excluding ortho intramolecular Hbond substituents is 1. The molecule has 1 amide bonds. The monoisotopic (exact) mass is 513 g/mol. The van der Waals surface area contributed by atoms with Crippen LogP contribution in [-0.4, -0.2) is 55.6 Å². The molecule has 0 spiro atoms. The van der Waals surface area contributed by atoms with E-state index in [2.05, 4.69) is 0 Å². The number of esters is 1. The molecule has 3 aliphatic rings. The molecule has 1 aromatic carbocycles. The van der Waals surface area contributed by atoms with E-state index in [1.165, 1.54) is 6.07 Å². The second kappa shape index (κ2) is 9.66. The van der Waals surface area contributed by atoms with Crippen molar-refractivity contribution in [1.29, 1.82) is 0 Å². The average molecular weight is 514 g/mol. The van der Waals surface area contributed by atoms with Gasteiger partial charge in [-0.2, -0.15) is 0 Å². The Morgan fingerprint density at radius 3 is 2.46 bits per heavy atom. The molecule has 0 heterocycles. The number of hydrogen-bond acceptors (Lipinski definition) is 9. The molecule has 198 valence electrons. The van der Waals surface area contributed by atoms with Gasteiger partial charge in [-0.15, -0.1) is 0 Å². The first-order chi connectivity index (χ1) is 17.5. The zero-order valence-electron chi connectivity index (χ0n) is 20.7.